The normalized spacial score (nSPS) is 19.4. The van der Waals surface area contributed by atoms with Crippen LogP contribution in [-0.2, 0) is 0 Å². The van der Waals surface area contributed by atoms with Gasteiger partial charge in [-0.25, -0.2) is 9.97 Å². The number of nitrogens with zero attached hydrogens (tertiary/aromatic N) is 3. The monoisotopic (exact) mass is 440 g/mol. The average molecular weight is 441 g/mol. The van der Waals surface area contributed by atoms with Crippen molar-refractivity contribution in [1.82, 2.24) is 9.97 Å². The number of rotatable bonds is 9. The third kappa shape index (κ3) is 4.63. The smallest absolute Gasteiger partial charge is 0.142 e. The molecule has 33 heavy (non-hydrogen) atoms. The first-order chi connectivity index (χ1) is 16.0. The summed E-state index contributed by atoms with van der Waals surface area (Å²) in [6.07, 6.45) is 8.02. The lowest BCUT2D eigenvalue weighted by atomic mass is 9.61. The van der Waals surface area contributed by atoms with Gasteiger partial charge in [-0.1, -0.05) is 56.3 Å². The van der Waals surface area contributed by atoms with Crippen LogP contribution in [0.3, 0.4) is 0 Å². The molecule has 1 aliphatic carbocycles. The quantitative estimate of drug-likeness (QED) is 0.386. The van der Waals surface area contributed by atoms with Crippen molar-refractivity contribution in [2.24, 2.45) is 5.41 Å². The number of nitrogen functional groups attached to an aromatic ring is 1. The molecule has 0 spiro atoms. The standard InChI is InChI=1S/C28H32N4O/c1-5-16-28(6-2)17-22(18-28)32(4)27-25(26(29)30-19-31-27)20(3)21-12-14-24(15-13-21)33-23-10-8-7-9-11-23/h5,7-15,19,22H,1,3,6,16-18H2,2,4H3,(H2,29,30,31). The Morgan fingerprint density at radius 2 is 1.79 bits per heavy atom. The van der Waals surface area contributed by atoms with E-state index in [0.717, 1.165) is 59.7 Å². The number of anilines is 2. The number of hydrogen-bond donors (Lipinski definition) is 1. The number of aromatic nitrogens is 2. The topological polar surface area (TPSA) is 64.3 Å². The lowest BCUT2D eigenvalue weighted by Gasteiger charge is -2.51. The van der Waals surface area contributed by atoms with Gasteiger partial charge in [-0.05, 0) is 60.1 Å². The third-order valence-corrected chi connectivity index (χ3v) is 6.89. The molecule has 3 aromatic rings. The zero-order valence-corrected chi connectivity index (χ0v) is 19.5. The highest BCUT2D eigenvalue weighted by Crippen LogP contribution is 2.50. The van der Waals surface area contributed by atoms with Crippen LogP contribution in [0, 0.1) is 5.41 Å². The Morgan fingerprint density at radius 3 is 2.42 bits per heavy atom. The van der Waals surface area contributed by atoms with Crippen LogP contribution in [0.15, 0.2) is 80.2 Å². The number of para-hydroxylation sites is 1. The molecular weight excluding hydrogens is 408 g/mol. The van der Waals surface area contributed by atoms with Crippen LogP contribution in [0.1, 0.15) is 43.7 Å². The largest absolute Gasteiger partial charge is 0.457 e. The Balaban J connectivity index is 1.54. The number of allylic oxidation sites excluding steroid dienone is 1. The summed E-state index contributed by atoms with van der Waals surface area (Å²) in [7, 11) is 2.09. The molecule has 1 saturated carbocycles. The summed E-state index contributed by atoms with van der Waals surface area (Å²) in [5.41, 5.74) is 9.23. The van der Waals surface area contributed by atoms with E-state index in [-0.39, 0.29) is 0 Å². The van der Waals surface area contributed by atoms with E-state index in [2.05, 4.69) is 42.0 Å². The van der Waals surface area contributed by atoms with Gasteiger partial charge >= 0.3 is 0 Å². The Labute approximate surface area is 196 Å². The number of hydrogen-bond acceptors (Lipinski definition) is 5. The van der Waals surface area contributed by atoms with Gasteiger partial charge in [0.1, 0.15) is 29.5 Å². The van der Waals surface area contributed by atoms with Crippen molar-refractivity contribution >= 4 is 17.2 Å². The first kappa shape index (κ1) is 22.6. The van der Waals surface area contributed by atoms with Gasteiger partial charge in [-0.2, -0.15) is 0 Å². The molecule has 1 fully saturated rings. The molecule has 2 aromatic carbocycles. The summed E-state index contributed by atoms with van der Waals surface area (Å²) in [6, 6.07) is 18.0. The molecule has 0 atom stereocenters. The summed E-state index contributed by atoms with van der Waals surface area (Å²) < 4.78 is 5.91. The maximum Gasteiger partial charge on any atom is 0.142 e. The van der Waals surface area contributed by atoms with Crippen LogP contribution in [0.2, 0.25) is 0 Å². The van der Waals surface area contributed by atoms with E-state index >= 15 is 0 Å². The minimum Gasteiger partial charge on any atom is -0.457 e. The molecule has 0 amide bonds. The minimum absolute atomic E-state index is 0.352. The van der Waals surface area contributed by atoms with Crippen LogP contribution in [0.4, 0.5) is 11.6 Å². The zero-order chi connectivity index (χ0) is 23.4. The first-order valence-corrected chi connectivity index (χ1v) is 11.4. The lowest BCUT2D eigenvalue weighted by molar-refractivity contribution is 0.0988. The van der Waals surface area contributed by atoms with Crippen LogP contribution in [-0.4, -0.2) is 23.1 Å². The predicted molar refractivity (Wildman–Crippen MR) is 137 cm³/mol. The van der Waals surface area contributed by atoms with Crippen LogP contribution in [0.5, 0.6) is 11.5 Å². The summed E-state index contributed by atoms with van der Waals surface area (Å²) in [5, 5.41) is 0. The van der Waals surface area contributed by atoms with Crippen molar-refractivity contribution in [1.29, 1.82) is 0 Å². The van der Waals surface area contributed by atoms with Gasteiger partial charge in [0.05, 0.1) is 5.56 Å². The molecule has 0 saturated heterocycles. The molecule has 0 radical (unpaired) electrons. The summed E-state index contributed by atoms with van der Waals surface area (Å²) >= 11 is 0. The Morgan fingerprint density at radius 1 is 1.12 bits per heavy atom. The second-order valence-corrected chi connectivity index (χ2v) is 8.89. The van der Waals surface area contributed by atoms with Crippen molar-refractivity contribution < 1.29 is 4.74 Å². The predicted octanol–water partition coefficient (Wildman–Crippen LogP) is 6.48. The fourth-order valence-corrected chi connectivity index (χ4v) is 4.73. The second-order valence-electron chi connectivity index (χ2n) is 8.89. The number of benzene rings is 2. The Bertz CT molecular complexity index is 1120. The molecule has 0 unspecified atom stereocenters. The third-order valence-electron chi connectivity index (χ3n) is 6.89. The van der Waals surface area contributed by atoms with E-state index in [9.17, 15) is 0 Å². The fourth-order valence-electron chi connectivity index (χ4n) is 4.73. The van der Waals surface area contributed by atoms with Gasteiger partial charge in [0.15, 0.2) is 0 Å². The molecule has 0 aliphatic heterocycles. The van der Waals surface area contributed by atoms with E-state index in [4.69, 9.17) is 10.5 Å². The van der Waals surface area contributed by atoms with Crippen molar-refractivity contribution in [2.75, 3.05) is 17.7 Å². The molecular formula is C28H32N4O. The maximum absolute atomic E-state index is 6.34. The van der Waals surface area contributed by atoms with Gasteiger partial charge in [-0.3, -0.25) is 0 Å². The summed E-state index contributed by atoms with van der Waals surface area (Å²) in [6.45, 7) is 10.6. The van der Waals surface area contributed by atoms with E-state index in [1.807, 2.05) is 60.7 Å². The van der Waals surface area contributed by atoms with Gasteiger partial charge in [0.2, 0.25) is 0 Å². The van der Waals surface area contributed by atoms with E-state index in [1.165, 1.54) is 6.33 Å². The van der Waals surface area contributed by atoms with Gasteiger partial charge in [-0.15, -0.1) is 6.58 Å². The van der Waals surface area contributed by atoms with Crippen molar-refractivity contribution in [3.8, 4) is 11.5 Å². The first-order valence-electron chi connectivity index (χ1n) is 11.4. The molecule has 4 rings (SSSR count). The SMILES string of the molecule is C=CCC1(CC)CC(N(C)c2ncnc(N)c2C(=C)c2ccc(Oc3ccccc3)cc2)C1. The van der Waals surface area contributed by atoms with Crippen molar-refractivity contribution in [3.05, 3.63) is 91.3 Å². The Kier molecular flexibility index (Phi) is 6.50. The van der Waals surface area contributed by atoms with Crippen molar-refractivity contribution in [2.45, 2.75) is 38.6 Å². The molecule has 1 aliphatic rings. The molecule has 170 valence electrons. The number of nitrogens with two attached hydrogens (primary N) is 1. The summed E-state index contributed by atoms with van der Waals surface area (Å²) in [5.74, 6) is 2.83. The molecule has 0 bridgehead atoms. The average Bonchev–Trinajstić information content (AvgIpc) is 2.81. The molecule has 2 N–H and O–H groups in total. The second kappa shape index (κ2) is 9.49. The zero-order valence-electron chi connectivity index (χ0n) is 19.5. The number of ether oxygens (including phenoxy) is 1. The van der Waals surface area contributed by atoms with E-state index in [0.29, 0.717) is 17.3 Å². The van der Waals surface area contributed by atoms with Gasteiger partial charge < -0.3 is 15.4 Å². The molecule has 5 nitrogen and oxygen atoms in total. The highest BCUT2D eigenvalue weighted by molar-refractivity contribution is 5.88. The van der Waals surface area contributed by atoms with Crippen LogP contribution < -0.4 is 15.4 Å². The van der Waals surface area contributed by atoms with Crippen LogP contribution in [0.25, 0.3) is 5.57 Å². The molecule has 5 heteroatoms. The lowest BCUT2D eigenvalue weighted by Crippen LogP contribution is -2.50. The summed E-state index contributed by atoms with van der Waals surface area (Å²) in [4.78, 5) is 11.1. The highest BCUT2D eigenvalue weighted by Gasteiger charge is 2.44. The van der Waals surface area contributed by atoms with Gasteiger partial charge in [0, 0.05) is 13.1 Å². The van der Waals surface area contributed by atoms with E-state index < -0.39 is 0 Å². The Hall–Kier alpha value is -3.60. The van der Waals surface area contributed by atoms with E-state index in [1.54, 1.807) is 0 Å². The highest BCUT2D eigenvalue weighted by atomic mass is 16.5. The molecule has 1 aromatic heterocycles. The van der Waals surface area contributed by atoms with Crippen LogP contribution >= 0.6 is 0 Å². The molecule has 1 heterocycles. The fraction of sp³-hybridized carbons (Fsp3) is 0.286. The maximum atomic E-state index is 6.34. The minimum atomic E-state index is 0.352. The van der Waals surface area contributed by atoms with Gasteiger partial charge in [0.25, 0.3) is 0 Å². The van der Waals surface area contributed by atoms with Crippen molar-refractivity contribution in [3.63, 3.8) is 0 Å².